The Kier molecular flexibility index (Phi) is 3.59. The Morgan fingerprint density at radius 2 is 2.27 bits per heavy atom. The Labute approximate surface area is 97.9 Å². The van der Waals surface area contributed by atoms with Crippen molar-refractivity contribution in [1.82, 2.24) is 4.98 Å². The van der Waals surface area contributed by atoms with E-state index in [2.05, 4.69) is 27.8 Å². The fraction of sp³-hybridized carbons (Fsp3) is 0.182. The predicted molar refractivity (Wildman–Crippen MR) is 65.8 cm³/mol. The molecule has 0 aliphatic carbocycles. The number of pyridine rings is 1. The molecule has 0 bridgehead atoms. The zero-order chi connectivity index (χ0) is 10.5. The van der Waals surface area contributed by atoms with E-state index in [1.54, 1.807) is 17.5 Å². The highest BCUT2D eigenvalue weighted by Crippen LogP contribution is 2.11. The molecule has 1 N–H and O–H groups in total. The van der Waals surface area contributed by atoms with Gasteiger partial charge in [-0.05, 0) is 30.0 Å². The van der Waals surface area contributed by atoms with Crippen LogP contribution in [0.25, 0.3) is 0 Å². The van der Waals surface area contributed by atoms with Crippen molar-refractivity contribution in [2.45, 2.75) is 6.42 Å². The standard InChI is InChI=1S/C11H11ClN2S/c12-9-3-4-11(14-8-9)13-6-5-10-2-1-7-15-10/h1-4,7-8H,5-6H2,(H,13,14). The summed E-state index contributed by atoms with van der Waals surface area (Å²) in [4.78, 5) is 5.54. The Balaban J connectivity index is 1.81. The molecule has 2 rings (SSSR count). The molecule has 2 nitrogen and oxygen atoms in total. The molecular formula is C11H11ClN2S. The zero-order valence-electron chi connectivity index (χ0n) is 8.11. The average Bonchev–Trinajstić information content (AvgIpc) is 2.74. The Bertz CT molecular complexity index is 397. The number of nitrogens with one attached hydrogen (secondary N) is 1. The van der Waals surface area contributed by atoms with Crippen molar-refractivity contribution in [2.75, 3.05) is 11.9 Å². The van der Waals surface area contributed by atoms with Crippen LogP contribution in [0.1, 0.15) is 4.88 Å². The van der Waals surface area contributed by atoms with Crippen LogP contribution in [-0.4, -0.2) is 11.5 Å². The van der Waals surface area contributed by atoms with E-state index in [1.165, 1.54) is 4.88 Å². The van der Waals surface area contributed by atoms with E-state index in [9.17, 15) is 0 Å². The lowest BCUT2D eigenvalue weighted by molar-refractivity contribution is 1.03. The predicted octanol–water partition coefficient (Wildman–Crippen LogP) is 3.45. The summed E-state index contributed by atoms with van der Waals surface area (Å²) in [6.45, 7) is 0.898. The van der Waals surface area contributed by atoms with Gasteiger partial charge in [0.2, 0.25) is 0 Å². The first-order chi connectivity index (χ1) is 7.34. The first kappa shape index (κ1) is 10.5. The first-order valence-electron chi connectivity index (χ1n) is 4.72. The molecule has 0 radical (unpaired) electrons. The fourth-order valence-electron chi connectivity index (χ4n) is 1.25. The Morgan fingerprint density at radius 3 is 2.93 bits per heavy atom. The smallest absolute Gasteiger partial charge is 0.125 e. The Hall–Kier alpha value is -1.06. The van der Waals surface area contributed by atoms with Gasteiger partial charge in [0.1, 0.15) is 5.82 Å². The van der Waals surface area contributed by atoms with Crippen LogP contribution >= 0.6 is 22.9 Å². The molecule has 4 heteroatoms. The van der Waals surface area contributed by atoms with Crippen LogP contribution in [0.5, 0.6) is 0 Å². The molecule has 0 atom stereocenters. The summed E-state index contributed by atoms with van der Waals surface area (Å²) in [5.74, 6) is 0.871. The van der Waals surface area contributed by atoms with Gasteiger partial charge in [0.05, 0.1) is 5.02 Å². The van der Waals surface area contributed by atoms with Crippen molar-refractivity contribution in [1.29, 1.82) is 0 Å². The lowest BCUT2D eigenvalue weighted by Gasteiger charge is -2.03. The molecule has 15 heavy (non-hydrogen) atoms. The van der Waals surface area contributed by atoms with E-state index >= 15 is 0 Å². The van der Waals surface area contributed by atoms with Crippen LogP contribution in [0.4, 0.5) is 5.82 Å². The summed E-state index contributed by atoms with van der Waals surface area (Å²) < 4.78 is 0. The largest absolute Gasteiger partial charge is 0.370 e. The molecule has 0 aliphatic heterocycles. The van der Waals surface area contributed by atoms with Gasteiger partial charge in [-0.3, -0.25) is 0 Å². The second-order valence-corrected chi connectivity index (χ2v) is 4.59. The number of rotatable bonds is 4. The topological polar surface area (TPSA) is 24.9 Å². The third kappa shape index (κ3) is 3.22. The van der Waals surface area contributed by atoms with Crippen molar-refractivity contribution < 1.29 is 0 Å². The van der Waals surface area contributed by atoms with Crippen LogP contribution in [0.15, 0.2) is 35.8 Å². The average molecular weight is 239 g/mol. The number of hydrogen-bond donors (Lipinski definition) is 1. The van der Waals surface area contributed by atoms with Gasteiger partial charge in [-0.1, -0.05) is 17.7 Å². The van der Waals surface area contributed by atoms with Gasteiger partial charge in [-0.2, -0.15) is 0 Å². The summed E-state index contributed by atoms with van der Waals surface area (Å²) in [5.41, 5.74) is 0. The number of thiophene rings is 1. The molecular weight excluding hydrogens is 228 g/mol. The van der Waals surface area contributed by atoms with Crippen LogP contribution in [0.3, 0.4) is 0 Å². The van der Waals surface area contributed by atoms with Crippen LogP contribution < -0.4 is 5.32 Å². The summed E-state index contributed by atoms with van der Waals surface area (Å²) in [7, 11) is 0. The fourth-order valence-corrected chi connectivity index (χ4v) is 2.07. The van der Waals surface area contributed by atoms with E-state index < -0.39 is 0 Å². The minimum atomic E-state index is 0.666. The molecule has 0 spiro atoms. The van der Waals surface area contributed by atoms with E-state index in [-0.39, 0.29) is 0 Å². The van der Waals surface area contributed by atoms with Crippen LogP contribution in [-0.2, 0) is 6.42 Å². The maximum Gasteiger partial charge on any atom is 0.125 e. The molecule has 78 valence electrons. The number of hydrogen-bond acceptors (Lipinski definition) is 3. The summed E-state index contributed by atoms with van der Waals surface area (Å²) in [6.07, 6.45) is 2.68. The number of nitrogens with zero attached hydrogens (tertiary/aromatic N) is 1. The summed E-state index contributed by atoms with van der Waals surface area (Å²) >= 11 is 7.52. The van der Waals surface area contributed by atoms with Gasteiger partial charge >= 0.3 is 0 Å². The molecule has 2 aromatic rings. The highest BCUT2D eigenvalue weighted by atomic mass is 35.5. The van der Waals surface area contributed by atoms with Gasteiger partial charge in [0.15, 0.2) is 0 Å². The highest BCUT2D eigenvalue weighted by molar-refractivity contribution is 7.09. The van der Waals surface area contributed by atoms with E-state index in [0.29, 0.717) is 5.02 Å². The minimum absolute atomic E-state index is 0.666. The quantitative estimate of drug-likeness (QED) is 0.883. The molecule has 0 saturated carbocycles. The second-order valence-electron chi connectivity index (χ2n) is 3.12. The van der Waals surface area contributed by atoms with Gasteiger partial charge in [-0.25, -0.2) is 4.98 Å². The molecule has 0 unspecified atom stereocenters. The van der Waals surface area contributed by atoms with E-state index in [0.717, 1.165) is 18.8 Å². The lowest BCUT2D eigenvalue weighted by Crippen LogP contribution is -2.04. The molecule has 0 aliphatic rings. The highest BCUT2D eigenvalue weighted by Gasteiger charge is 1.95. The maximum absolute atomic E-state index is 5.74. The van der Waals surface area contributed by atoms with Gasteiger partial charge in [0, 0.05) is 17.6 Å². The molecule has 0 amide bonds. The normalized spacial score (nSPS) is 10.2. The first-order valence-corrected chi connectivity index (χ1v) is 5.98. The molecule has 2 aromatic heterocycles. The minimum Gasteiger partial charge on any atom is -0.370 e. The van der Waals surface area contributed by atoms with Crippen molar-refractivity contribution in [3.05, 3.63) is 45.7 Å². The molecule has 0 fully saturated rings. The van der Waals surface area contributed by atoms with Gasteiger partial charge in [-0.15, -0.1) is 11.3 Å². The van der Waals surface area contributed by atoms with Gasteiger partial charge in [0.25, 0.3) is 0 Å². The maximum atomic E-state index is 5.74. The monoisotopic (exact) mass is 238 g/mol. The third-order valence-corrected chi connectivity index (χ3v) is 3.14. The van der Waals surface area contributed by atoms with Crippen molar-refractivity contribution in [2.24, 2.45) is 0 Å². The zero-order valence-corrected chi connectivity index (χ0v) is 9.68. The van der Waals surface area contributed by atoms with Gasteiger partial charge < -0.3 is 5.32 Å². The summed E-state index contributed by atoms with van der Waals surface area (Å²) in [6, 6.07) is 7.93. The van der Waals surface area contributed by atoms with Crippen molar-refractivity contribution in [3.8, 4) is 0 Å². The summed E-state index contributed by atoms with van der Waals surface area (Å²) in [5, 5.41) is 6.01. The third-order valence-electron chi connectivity index (χ3n) is 1.99. The second kappa shape index (κ2) is 5.14. The number of aromatic nitrogens is 1. The van der Waals surface area contributed by atoms with E-state index in [1.807, 2.05) is 12.1 Å². The van der Waals surface area contributed by atoms with Crippen molar-refractivity contribution >= 4 is 28.8 Å². The van der Waals surface area contributed by atoms with E-state index in [4.69, 9.17) is 11.6 Å². The molecule has 2 heterocycles. The molecule has 0 saturated heterocycles. The van der Waals surface area contributed by atoms with Crippen LogP contribution in [0, 0.1) is 0 Å². The number of halogens is 1. The SMILES string of the molecule is Clc1ccc(NCCc2cccs2)nc1. The lowest BCUT2D eigenvalue weighted by atomic mass is 10.3. The Morgan fingerprint density at radius 1 is 1.33 bits per heavy atom. The number of anilines is 1. The van der Waals surface area contributed by atoms with Crippen LogP contribution in [0.2, 0.25) is 5.02 Å². The molecule has 0 aromatic carbocycles. The van der Waals surface area contributed by atoms with Crippen molar-refractivity contribution in [3.63, 3.8) is 0 Å².